The molecule has 1 aromatic rings. The molecule has 0 amide bonds. The summed E-state index contributed by atoms with van der Waals surface area (Å²) in [6, 6.07) is 0. The lowest BCUT2D eigenvalue weighted by atomic mass is 10.0. The molecule has 0 saturated heterocycles. The first-order valence-corrected chi connectivity index (χ1v) is 5.99. The Balaban J connectivity index is 1.72. The summed E-state index contributed by atoms with van der Waals surface area (Å²) in [5.41, 5.74) is 5.60. The van der Waals surface area contributed by atoms with Crippen LogP contribution in [0.1, 0.15) is 49.2 Å². The highest BCUT2D eigenvalue weighted by atomic mass is 16.5. The number of hydrogen-bond acceptors (Lipinski definition) is 5. The van der Waals surface area contributed by atoms with E-state index in [4.69, 9.17) is 10.3 Å². The number of nitrogens with two attached hydrogens (primary N) is 1. The van der Waals surface area contributed by atoms with Crippen molar-refractivity contribution in [3.8, 4) is 0 Å². The van der Waals surface area contributed by atoms with Gasteiger partial charge in [0.1, 0.15) is 0 Å². The molecule has 1 heterocycles. The fourth-order valence-corrected chi connectivity index (χ4v) is 2.48. The Kier molecular flexibility index (Phi) is 2.44. The van der Waals surface area contributed by atoms with Crippen LogP contribution in [0.15, 0.2) is 4.52 Å². The fourth-order valence-electron chi connectivity index (χ4n) is 2.48. The third-order valence-electron chi connectivity index (χ3n) is 3.71. The smallest absolute Gasteiger partial charge is 0.229 e. The van der Waals surface area contributed by atoms with Gasteiger partial charge in [0, 0.05) is 11.8 Å². The van der Waals surface area contributed by atoms with Crippen molar-refractivity contribution in [2.45, 2.75) is 43.6 Å². The van der Waals surface area contributed by atoms with Crippen molar-refractivity contribution in [1.82, 2.24) is 10.1 Å². The minimum atomic E-state index is -0.314. The van der Waals surface area contributed by atoms with E-state index in [1.807, 2.05) is 0 Å². The van der Waals surface area contributed by atoms with Gasteiger partial charge in [-0.25, -0.2) is 0 Å². The van der Waals surface area contributed by atoms with Gasteiger partial charge in [-0.15, -0.1) is 0 Å². The number of nitrogens with zero attached hydrogens (tertiary/aromatic N) is 2. The topological polar surface area (TPSA) is 85.2 Å². The van der Waals surface area contributed by atoms with Gasteiger partial charge in [0.05, 0.1) is 6.10 Å². The van der Waals surface area contributed by atoms with Gasteiger partial charge in [-0.05, 0) is 38.1 Å². The molecule has 2 aliphatic rings. The quantitative estimate of drug-likeness (QED) is 0.790. The summed E-state index contributed by atoms with van der Waals surface area (Å²) in [6.07, 6.45) is 3.61. The predicted molar refractivity (Wildman–Crippen MR) is 56.8 cm³/mol. The molecule has 2 saturated carbocycles. The zero-order valence-electron chi connectivity index (χ0n) is 9.17. The van der Waals surface area contributed by atoms with Crippen LogP contribution in [0.2, 0.25) is 0 Å². The van der Waals surface area contributed by atoms with Crippen molar-refractivity contribution in [2.24, 2.45) is 11.7 Å². The molecule has 0 radical (unpaired) electrons. The second kappa shape index (κ2) is 3.82. The third-order valence-corrected chi connectivity index (χ3v) is 3.71. The highest BCUT2D eigenvalue weighted by molar-refractivity contribution is 5.07. The molecule has 88 valence electrons. The molecule has 16 heavy (non-hydrogen) atoms. The normalized spacial score (nSPS) is 34.5. The first-order valence-electron chi connectivity index (χ1n) is 5.99. The van der Waals surface area contributed by atoms with Gasteiger partial charge in [0.25, 0.3) is 0 Å². The average molecular weight is 223 g/mol. The van der Waals surface area contributed by atoms with Crippen molar-refractivity contribution in [3.63, 3.8) is 0 Å². The third kappa shape index (κ3) is 1.74. The number of aliphatic hydroxyl groups is 1. The van der Waals surface area contributed by atoms with Crippen LogP contribution in [0.25, 0.3) is 0 Å². The maximum Gasteiger partial charge on any atom is 0.229 e. The predicted octanol–water partition coefficient (Wildman–Crippen LogP) is 0.760. The Hall–Kier alpha value is -0.940. The molecular formula is C11H17N3O2. The molecule has 2 fully saturated rings. The maximum atomic E-state index is 9.78. The van der Waals surface area contributed by atoms with Crippen LogP contribution in [-0.2, 0) is 0 Å². The average Bonchev–Trinajstić information content (AvgIpc) is 2.89. The van der Waals surface area contributed by atoms with Crippen LogP contribution >= 0.6 is 0 Å². The van der Waals surface area contributed by atoms with Crippen molar-refractivity contribution < 1.29 is 9.63 Å². The summed E-state index contributed by atoms with van der Waals surface area (Å²) in [4.78, 5) is 4.43. The van der Waals surface area contributed by atoms with E-state index in [9.17, 15) is 5.11 Å². The number of aliphatic hydroxyl groups excluding tert-OH is 1. The zero-order valence-corrected chi connectivity index (χ0v) is 9.17. The largest absolute Gasteiger partial charge is 0.393 e. The maximum absolute atomic E-state index is 9.78. The number of aromatic nitrogens is 2. The van der Waals surface area contributed by atoms with Crippen LogP contribution in [-0.4, -0.2) is 27.9 Å². The standard InChI is InChI=1S/C11H17N3O2/c12-5-8-3-7(4-9(8)15)11-13-10(14-16-11)6-1-2-6/h6-9,15H,1-5,12H2/t7-,8+,9+/m1/s1. The molecule has 0 unspecified atom stereocenters. The van der Waals surface area contributed by atoms with Crippen molar-refractivity contribution in [3.05, 3.63) is 11.7 Å². The summed E-state index contributed by atoms with van der Waals surface area (Å²) >= 11 is 0. The van der Waals surface area contributed by atoms with Gasteiger partial charge < -0.3 is 15.4 Å². The van der Waals surface area contributed by atoms with E-state index in [0.29, 0.717) is 24.8 Å². The van der Waals surface area contributed by atoms with E-state index in [0.717, 1.165) is 12.2 Å². The van der Waals surface area contributed by atoms with Gasteiger partial charge in [-0.1, -0.05) is 5.16 Å². The Bertz CT molecular complexity index is 375. The Labute approximate surface area is 94.0 Å². The number of rotatable bonds is 3. The first-order chi connectivity index (χ1) is 7.78. The highest BCUT2D eigenvalue weighted by Gasteiger charge is 2.37. The molecule has 5 nitrogen and oxygen atoms in total. The van der Waals surface area contributed by atoms with Gasteiger partial charge in [0.15, 0.2) is 5.82 Å². The second-order valence-electron chi connectivity index (χ2n) is 5.00. The zero-order chi connectivity index (χ0) is 11.1. The molecule has 0 spiro atoms. The molecule has 1 aromatic heterocycles. The molecule has 0 aliphatic heterocycles. The summed E-state index contributed by atoms with van der Waals surface area (Å²) in [7, 11) is 0. The lowest BCUT2D eigenvalue weighted by Gasteiger charge is -2.09. The molecule has 3 rings (SSSR count). The molecule has 0 aromatic carbocycles. The van der Waals surface area contributed by atoms with E-state index in [-0.39, 0.29) is 17.9 Å². The fraction of sp³-hybridized carbons (Fsp3) is 0.818. The Morgan fingerprint density at radius 2 is 2.12 bits per heavy atom. The Morgan fingerprint density at radius 1 is 1.31 bits per heavy atom. The van der Waals surface area contributed by atoms with Crippen molar-refractivity contribution >= 4 is 0 Å². The van der Waals surface area contributed by atoms with Gasteiger partial charge in [0.2, 0.25) is 5.89 Å². The van der Waals surface area contributed by atoms with E-state index in [1.165, 1.54) is 12.8 Å². The van der Waals surface area contributed by atoms with Crippen molar-refractivity contribution in [1.29, 1.82) is 0 Å². The van der Waals surface area contributed by atoms with Gasteiger partial charge in [-0.2, -0.15) is 4.98 Å². The lowest BCUT2D eigenvalue weighted by Crippen LogP contribution is -2.21. The summed E-state index contributed by atoms with van der Waals surface area (Å²) in [6.45, 7) is 0.529. The first kappa shape index (κ1) is 10.2. The summed E-state index contributed by atoms with van der Waals surface area (Å²) < 4.78 is 5.28. The van der Waals surface area contributed by atoms with E-state index >= 15 is 0 Å². The minimum Gasteiger partial charge on any atom is -0.393 e. The molecule has 2 aliphatic carbocycles. The molecule has 5 heteroatoms. The van der Waals surface area contributed by atoms with E-state index in [2.05, 4.69) is 10.1 Å². The van der Waals surface area contributed by atoms with E-state index in [1.54, 1.807) is 0 Å². The SMILES string of the molecule is NC[C@@H]1C[C@@H](c2nc(C3CC3)no2)C[C@@H]1O. The summed E-state index contributed by atoms with van der Waals surface area (Å²) in [5, 5.41) is 13.8. The van der Waals surface area contributed by atoms with Crippen LogP contribution in [0.4, 0.5) is 0 Å². The second-order valence-corrected chi connectivity index (χ2v) is 5.00. The monoisotopic (exact) mass is 223 g/mol. The van der Waals surface area contributed by atoms with Crippen LogP contribution in [0.3, 0.4) is 0 Å². The van der Waals surface area contributed by atoms with Crippen LogP contribution < -0.4 is 5.73 Å². The van der Waals surface area contributed by atoms with Gasteiger partial charge in [-0.3, -0.25) is 0 Å². The Morgan fingerprint density at radius 3 is 2.75 bits per heavy atom. The number of hydrogen-bond donors (Lipinski definition) is 2. The highest BCUT2D eigenvalue weighted by Crippen LogP contribution is 2.41. The molecule has 3 atom stereocenters. The molecule has 3 N–H and O–H groups in total. The van der Waals surface area contributed by atoms with Crippen LogP contribution in [0, 0.1) is 5.92 Å². The molecular weight excluding hydrogens is 206 g/mol. The van der Waals surface area contributed by atoms with Gasteiger partial charge >= 0.3 is 0 Å². The molecule has 0 bridgehead atoms. The summed E-state index contributed by atoms with van der Waals surface area (Å²) in [5.74, 6) is 2.44. The lowest BCUT2D eigenvalue weighted by molar-refractivity contribution is 0.135. The van der Waals surface area contributed by atoms with Crippen LogP contribution in [0.5, 0.6) is 0 Å². The minimum absolute atomic E-state index is 0.182. The van der Waals surface area contributed by atoms with E-state index < -0.39 is 0 Å². The van der Waals surface area contributed by atoms with Crippen molar-refractivity contribution in [2.75, 3.05) is 6.54 Å².